The fraction of sp³-hybridized carbons (Fsp3) is 0.118. The van der Waals surface area contributed by atoms with Crippen LogP contribution in [0, 0.1) is 0 Å². The zero-order valence-corrected chi connectivity index (χ0v) is 13.5. The largest absolute Gasteiger partial charge is 0.349 e. The molecule has 3 rings (SSSR count). The Labute approximate surface area is 143 Å². The topological polar surface area (TPSA) is 75.5 Å². The molecule has 2 N–H and O–H groups in total. The standard InChI is InChI=1S/C17H15ClN4O2/c18-13-6-7-15-21-14(11-22(15)10-13)8-19-16(23)9-20-17(24)12-4-2-1-3-5-12/h1-7,10-11H,8-9H2,(H,19,23)(H,20,24). The van der Waals surface area contributed by atoms with E-state index >= 15 is 0 Å². The quantitative estimate of drug-likeness (QED) is 0.745. The van der Waals surface area contributed by atoms with Gasteiger partial charge in [-0.3, -0.25) is 9.59 Å². The van der Waals surface area contributed by atoms with Crippen molar-refractivity contribution >= 4 is 29.1 Å². The monoisotopic (exact) mass is 342 g/mol. The smallest absolute Gasteiger partial charge is 0.251 e. The molecular weight excluding hydrogens is 328 g/mol. The Kier molecular flexibility index (Phi) is 4.77. The third-order valence-electron chi connectivity index (χ3n) is 3.38. The van der Waals surface area contributed by atoms with E-state index in [1.54, 1.807) is 53.2 Å². The van der Waals surface area contributed by atoms with Gasteiger partial charge in [-0.05, 0) is 24.3 Å². The summed E-state index contributed by atoms with van der Waals surface area (Å²) >= 11 is 5.92. The lowest BCUT2D eigenvalue weighted by Crippen LogP contribution is -2.36. The van der Waals surface area contributed by atoms with Gasteiger partial charge in [-0.15, -0.1) is 0 Å². The first-order chi connectivity index (χ1) is 11.6. The van der Waals surface area contributed by atoms with Crippen molar-refractivity contribution in [3.8, 4) is 0 Å². The summed E-state index contributed by atoms with van der Waals surface area (Å²) in [5.41, 5.74) is 1.98. The molecule has 0 radical (unpaired) electrons. The predicted octanol–water partition coefficient (Wildman–Crippen LogP) is 2.03. The number of rotatable bonds is 5. The van der Waals surface area contributed by atoms with E-state index in [-0.39, 0.29) is 24.9 Å². The number of carbonyl (C=O) groups is 2. The Morgan fingerprint density at radius 2 is 1.83 bits per heavy atom. The molecule has 7 heteroatoms. The van der Waals surface area contributed by atoms with Gasteiger partial charge in [-0.2, -0.15) is 0 Å². The number of carbonyl (C=O) groups excluding carboxylic acids is 2. The number of nitrogens with zero attached hydrogens (tertiary/aromatic N) is 2. The summed E-state index contributed by atoms with van der Waals surface area (Å²) in [6.07, 6.45) is 3.54. The second kappa shape index (κ2) is 7.14. The number of nitrogens with one attached hydrogen (secondary N) is 2. The van der Waals surface area contributed by atoms with Crippen LogP contribution in [-0.4, -0.2) is 27.7 Å². The van der Waals surface area contributed by atoms with Gasteiger partial charge in [-0.1, -0.05) is 29.8 Å². The molecule has 0 saturated carbocycles. The first kappa shape index (κ1) is 16.0. The molecule has 0 unspecified atom stereocenters. The second-order valence-electron chi connectivity index (χ2n) is 5.17. The molecule has 2 aromatic heterocycles. The Hall–Kier alpha value is -2.86. The van der Waals surface area contributed by atoms with Crippen molar-refractivity contribution in [1.82, 2.24) is 20.0 Å². The number of benzene rings is 1. The van der Waals surface area contributed by atoms with E-state index in [0.29, 0.717) is 16.3 Å². The second-order valence-corrected chi connectivity index (χ2v) is 5.61. The molecule has 3 aromatic rings. The van der Waals surface area contributed by atoms with E-state index in [9.17, 15) is 9.59 Å². The molecule has 0 fully saturated rings. The molecule has 24 heavy (non-hydrogen) atoms. The Bertz CT molecular complexity index is 877. The molecule has 0 bridgehead atoms. The average molecular weight is 343 g/mol. The lowest BCUT2D eigenvalue weighted by atomic mass is 10.2. The number of amides is 2. The maximum absolute atomic E-state index is 11.9. The van der Waals surface area contributed by atoms with Gasteiger partial charge in [-0.25, -0.2) is 4.98 Å². The highest BCUT2D eigenvalue weighted by atomic mass is 35.5. The zero-order chi connectivity index (χ0) is 16.9. The average Bonchev–Trinajstić information content (AvgIpc) is 3.00. The Morgan fingerprint density at radius 3 is 2.62 bits per heavy atom. The van der Waals surface area contributed by atoms with Gasteiger partial charge in [0.2, 0.25) is 5.91 Å². The first-order valence-corrected chi connectivity index (χ1v) is 7.73. The molecule has 2 heterocycles. The molecule has 0 aliphatic rings. The zero-order valence-electron chi connectivity index (χ0n) is 12.7. The van der Waals surface area contributed by atoms with Gasteiger partial charge in [0.25, 0.3) is 5.91 Å². The molecule has 2 amide bonds. The summed E-state index contributed by atoms with van der Waals surface area (Å²) < 4.78 is 1.79. The summed E-state index contributed by atoms with van der Waals surface area (Å²) in [4.78, 5) is 28.1. The van der Waals surface area contributed by atoms with Crippen LogP contribution in [0.3, 0.4) is 0 Å². The van der Waals surface area contributed by atoms with Crippen molar-refractivity contribution < 1.29 is 9.59 Å². The minimum absolute atomic E-state index is 0.0904. The fourth-order valence-electron chi connectivity index (χ4n) is 2.21. The van der Waals surface area contributed by atoms with Crippen LogP contribution in [0.25, 0.3) is 5.65 Å². The summed E-state index contributed by atoms with van der Waals surface area (Å²) in [6, 6.07) is 12.3. The third kappa shape index (κ3) is 3.91. The number of imidazole rings is 1. The van der Waals surface area contributed by atoms with Crippen molar-refractivity contribution in [3.05, 3.63) is 71.1 Å². The van der Waals surface area contributed by atoms with Crippen LogP contribution in [0.1, 0.15) is 16.1 Å². The molecular formula is C17H15ClN4O2. The highest BCUT2D eigenvalue weighted by Crippen LogP contribution is 2.11. The molecule has 6 nitrogen and oxygen atoms in total. The normalized spacial score (nSPS) is 10.5. The molecule has 1 aromatic carbocycles. The van der Waals surface area contributed by atoms with Gasteiger partial charge in [0.15, 0.2) is 0 Å². The van der Waals surface area contributed by atoms with E-state index < -0.39 is 0 Å². The van der Waals surface area contributed by atoms with Crippen molar-refractivity contribution in [2.45, 2.75) is 6.54 Å². The van der Waals surface area contributed by atoms with E-state index in [4.69, 9.17) is 11.6 Å². The third-order valence-corrected chi connectivity index (χ3v) is 3.60. The molecule has 0 saturated heterocycles. The lowest BCUT2D eigenvalue weighted by Gasteiger charge is -2.05. The molecule has 0 aliphatic carbocycles. The molecule has 0 atom stereocenters. The lowest BCUT2D eigenvalue weighted by molar-refractivity contribution is -0.120. The van der Waals surface area contributed by atoms with Gasteiger partial charge < -0.3 is 15.0 Å². The van der Waals surface area contributed by atoms with Crippen LogP contribution >= 0.6 is 11.6 Å². The maximum Gasteiger partial charge on any atom is 0.251 e. The summed E-state index contributed by atoms with van der Waals surface area (Å²) in [5, 5.41) is 5.90. The minimum Gasteiger partial charge on any atom is -0.349 e. The molecule has 0 aliphatic heterocycles. The number of hydrogen-bond acceptors (Lipinski definition) is 3. The van der Waals surface area contributed by atoms with Crippen LogP contribution in [0.4, 0.5) is 0 Å². The number of pyridine rings is 1. The van der Waals surface area contributed by atoms with E-state index in [1.165, 1.54) is 0 Å². The van der Waals surface area contributed by atoms with Crippen LogP contribution < -0.4 is 10.6 Å². The van der Waals surface area contributed by atoms with Crippen molar-refractivity contribution in [2.75, 3.05) is 6.54 Å². The van der Waals surface area contributed by atoms with Gasteiger partial charge in [0.1, 0.15) is 5.65 Å². The van der Waals surface area contributed by atoms with E-state index in [2.05, 4.69) is 15.6 Å². The number of hydrogen-bond donors (Lipinski definition) is 2. The van der Waals surface area contributed by atoms with Crippen molar-refractivity contribution in [3.63, 3.8) is 0 Å². The summed E-state index contributed by atoms with van der Waals surface area (Å²) in [6.45, 7) is 0.187. The predicted molar refractivity (Wildman–Crippen MR) is 90.8 cm³/mol. The maximum atomic E-state index is 11.9. The summed E-state index contributed by atoms with van der Waals surface area (Å²) in [5.74, 6) is -0.567. The number of halogens is 1. The molecule has 0 spiro atoms. The van der Waals surface area contributed by atoms with Gasteiger partial charge in [0.05, 0.1) is 23.8 Å². The minimum atomic E-state index is -0.284. The van der Waals surface area contributed by atoms with Gasteiger partial charge in [0, 0.05) is 18.0 Å². The Morgan fingerprint density at radius 1 is 1.04 bits per heavy atom. The number of aromatic nitrogens is 2. The van der Waals surface area contributed by atoms with Crippen LogP contribution in [0.5, 0.6) is 0 Å². The molecule has 122 valence electrons. The SMILES string of the molecule is O=C(CNC(=O)c1ccccc1)NCc1cn2cc(Cl)ccc2n1. The number of fused-ring (bicyclic) bond motifs is 1. The van der Waals surface area contributed by atoms with Crippen LogP contribution in [0.2, 0.25) is 5.02 Å². The van der Waals surface area contributed by atoms with Gasteiger partial charge >= 0.3 is 0 Å². The first-order valence-electron chi connectivity index (χ1n) is 7.35. The highest BCUT2D eigenvalue weighted by molar-refractivity contribution is 6.30. The van der Waals surface area contributed by atoms with Crippen molar-refractivity contribution in [2.24, 2.45) is 0 Å². The summed E-state index contributed by atoms with van der Waals surface area (Å²) in [7, 11) is 0. The van der Waals surface area contributed by atoms with Crippen LogP contribution in [0.15, 0.2) is 54.9 Å². The highest BCUT2D eigenvalue weighted by Gasteiger charge is 2.08. The van der Waals surface area contributed by atoms with Crippen LogP contribution in [-0.2, 0) is 11.3 Å². The fourth-order valence-corrected chi connectivity index (χ4v) is 2.37. The van der Waals surface area contributed by atoms with E-state index in [1.807, 2.05) is 6.07 Å². The van der Waals surface area contributed by atoms with E-state index in [0.717, 1.165) is 5.65 Å². The Balaban J connectivity index is 1.50. The van der Waals surface area contributed by atoms with Crippen molar-refractivity contribution in [1.29, 1.82) is 0 Å².